The Bertz CT molecular complexity index is 506. The van der Waals surface area contributed by atoms with Gasteiger partial charge in [0.25, 0.3) is 0 Å². The van der Waals surface area contributed by atoms with Gasteiger partial charge in [-0.25, -0.2) is 4.98 Å². The quantitative estimate of drug-likeness (QED) is 0.795. The maximum Gasteiger partial charge on any atom is 0.221 e. The lowest BCUT2D eigenvalue weighted by Crippen LogP contribution is -2.00. The first kappa shape index (κ1) is 10.2. The fourth-order valence-electron chi connectivity index (χ4n) is 1.30. The standard InChI is InChI=1S/C12H12N4/c13-11-10(8-15-12(14)16-11)7-6-9-4-2-1-3-5-9/h1-8H,(H4,13,14,15,16). The van der Waals surface area contributed by atoms with Gasteiger partial charge in [0.15, 0.2) is 0 Å². The second-order valence-electron chi connectivity index (χ2n) is 3.31. The third-order valence-corrected chi connectivity index (χ3v) is 2.12. The van der Waals surface area contributed by atoms with Gasteiger partial charge in [-0.05, 0) is 11.6 Å². The minimum Gasteiger partial charge on any atom is -0.383 e. The van der Waals surface area contributed by atoms with E-state index in [-0.39, 0.29) is 5.95 Å². The highest BCUT2D eigenvalue weighted by Crippen LogP contribution is 2.12. The summed E-state index contributed by atoms with van der Waals surface area (Å²) in [6, 6.07) is 9.93. The fraction of sp³-hybridized carbons (Fsp3) is 0. The first-order valence-electron chi connectivity index (χ1n) is 4.87. The molecular weight excluding hydrogens is 200 g/mol. The van der Waals surface area contributed by atoms with Crippen molar-refractivity contribution >= 4 is 23.9 Å². The minimum absolute atomic E-state index is 0.189. The highest BCUT2D eigenvalue weighted by atomic mass is 15.0. The van der Waals surface area contributed by atoms with Gasteiger partial charge < -0.3 is 11.5 Å². The molecule has 0 aliphatic heterocycles. The number of hydrogen-bond acceptors (Lipinski definition) is 4. The van der Waals surface area contributed by atoms with Gasteiger partial charge in [-0.1, -0.05) is 36.4 Å². The molecule has 4 nitrogen and oxygen atoms in total. The summed E-state index contributed by atoms with van der Waals surface area (Å²) in [5.74, 6) is 0.578. The summed E-state index contributed by atoms with van der Waals surface area (Å²) in [4.78, 5) is 7.77. The third-order valence-electron chi connectivity index (χ3n) is 2.12. The van der Waals surface area contributed by atoms with Crippen molar-refractivity contribution in [3.05, 3.63) is 47.7 Å². The summed E-state index contributed by atoms with van der Waals surface area (Å²) in [6.07, 6.45) is 5.42. The van der Waals surface area contributed by atoms with Crippen LogP contribution in [0.25, 0.3) is 12.2 Å². The van der Waals surface area contributed by atoms with Gasteiger partial charge in [0.05, 0.1) is 0 Å². The zero-order chi connectivity index (χ0) is 11.4. The van der Waals surface area contributed by atoms with Crippen LogP contribution in [-0.2, 0) is 0 Å². The third kappa shape index (κ3) is 2.36. The van der Waals surface area contributed by atoms with E-state index in [1.165, 1.54) is 0 Å². The molecule has 0 fully saturated rings. The van der Waals surface area contributed by atoms with Crippen LogP contribution in [0.4, 0.5) is 11.8 Å². The van der Waals surface area contributed by atoms with Crippen LogP contribution < -0.4 is 11.5 Å². The molecule has 2 rings (SSSR count). The molecule has 1 aromatic heterocycles. The zero-order valence-electron chi connectivity index (χ0n) is 8.67. The van der Waals surface area contributed by atoms with E-state index in [1.54, 1.807) is 6.20 Å². The number of nitrogens with two attached hydrogens (primary N) is 2. The Kier molecular flexibility index (Phi) is 2.82. The van der Waals surface area contributed by atoms with Crippen LogP contribution in [0, 0.1) is 0 Å². The number of aromatic nitrogens is 2. The summed E-state index contributed by atoms with van der Waals surface area (Å²) in [7, 11) is 0. The van der Waals surface area contributed by atoms with E-state index >= 15 is 0 Å². The van der Waals surface area contributed by atoms with Crippen molar-refractivity contribution in [2.45, 2.75) is 0 Å². The van der Waals surface area contributed by atoms with Gasteiger partial charge in [0, 0.05) is 11.8 Å². The number of nitrogens with zero attached hydrogens (tertiary/aromatic N) is 2. The van der Waals surface area contributed by atoms with Crippen LogP contribution in [0.15, 0.2) is 36.5 Å². The van der Waals surface area contributed by atoms with Crippen LogP contribution in [0.3, 0.4) is 0 Å². The molecule has 0 radical (unpaired) electrons. The van der Waals surface area contributed by atoms with E-state index in [1.807, 2.05) is 42.5 Å². The van der Waals surface area contributed by atoms with Crippen molar-refractivity contribution in [3.8, 4) is 0 Å². The summed E-state index contributed by atoms with van der Waals surface area (Å²) >= 11 is 0. The Hall–Kier alpha value is -2.36. The molecule has 1 aromatic carbocycles. The number of benzene rings is 1. The second kappa shape index (κ2) is 4.44. The molecule has 0 aliphatic carbocycles. The highest BCUT2D eigenvalue weighted by Gasteiger charge is 1.97. The monoisotopic (exact) mass is 212 g/mol. The SMILES string of the molecule is Nc1ncc(C=Cc2ccccc2)c(N)n1. The first-order valence-corrected chi connectivity index (χ1v) is 4.87. The van der Waals surface area contributed by atoms with E-state index in [0.29, 0.717) is 5.82 Å². The van der Waals surface area contributed by atoms with Crippen molar-refractivity contribution in [2.75, 3.05) is 11.5 Å². The predicted octanol–water partition coefficient (Wildman–Crippen LogP) is 1.81. The number of anilines is 2. The van der Waals surface area contributed by atoms with Gasteiger partial charge in [0.2, 0.25) is 5.95 Å². The Morgan fingerprint density at radius 3 is 2.44 bits per heavy atom. The summed E-state index contributed by atoms with van der Waals surface area (Å²) < 4.78 is 0. The van der Waals surface area contributed by atoms with Crippen molar-refractivity contribution < 1.29 is 0 Å². The molecule has 0 saturated heterocycles. The Balaban J connectivity index is 2.24. The lowest BCUT2D eigenvalue weighted by atomic mass is 10.2. The lowest BCUT2D eigenvalue weighted by Gasteiger charge is -1.99. The zero-order valence-corrected chi connectivity index (χ0v) is 8.67. The Morgan fingerprint density at radius 1 is 1.00 bits per heavy atom. The van der Waals surface area contributed by atoms with Gasteiger partial charge >= 0.3 is 0 Å². The van der Waals surface area contributed by atoms with Crippen molar-refractivity contribution in [2.24, 2.45) is 0 Å². The molecule has 4 heteroatoms. The predicted molar refractivity (Wildman–Crippen MR) is 66.2 cm³/mol. The van der Waals surface area contributed by atoms with E-state index in [4.69, 9.17) is 11.5 Å². The first-order chi connectivity index (χ1) is 7.75. The van der Waals surface area contributed by atoms with Crippen molar-refractivity contribution in [3.63, 3.8) is 0 Å². The normalized spacial score (nSPS) is 10.8. The lowest BCUT2D eigenvalue weighted by molar-refractivity contribution is 1.19. The maximum atomic E-state index is 5.70. The fourth-order valence-corrected chi connectivity index (χ4v) is 1.30. The van der Waals surface area contributed by atoms with E-state index < -0.39 is 0 Å². The minimum atomic E-state index is 0.189. The van der Waals surface area contributed by atoms with Crippen LogP contribution in [0.5, 0.6) is 0 Å². The molecule has 0 aliphatic rings. The van der Waals surface area contributed by atoms with Crippen molar-refractivity contribution in [1.29, 1.82) is 0 Å². The smallest absolute Gasteiger partial charge is 0.221 e. The molecule has 16 heavy (non-hydrogen) atoms. The summed E-state index contributed by atoms with van der Waals surface area (Å²) in [6.45, 7) is 0. The Morgan fingerprint density at radius 2 is 1.75 bits per heavy atom. The molecule has 0 unspecified atom stereocenters. The van der Waals surface area contributed by atoms with Gasteiger partial charge in [-0.15, -0.1) is 0 Å². The molecule has 0 saturated carbocycles. The van der Waals surface area contributed by atoms with Gasteiger partial charge in [0.1, 0.15) is 5.82 Å². The molecule has 1 heterocycles. The summed E-state index contributed by atoms with van der Waals surface area (Å²) in [5, 5.41) is 0. The number of nitrogen functional groups attached to an aromatic ring is 2. The second-order valence-corrected chi connectivity index (χ2v) is 3.31. The van der Waals surface area contributed by atoms with Crippen molar-refractivity contribution in [1.82, 2.24) is 9.97 Å². The molecule has 4 N–H and O–H groups in total. The highest BCUT2D eigenvalue weighted by molar-refractivity contribution is 5.73. The van der Waals surface area contributed by atoms with E-state index in [9.17, 15) is 0 Å². The maximum absolute atomic E-state index is 5.70. The molecule has 0 amide bonds. The topological polar surface area (TPSA) is 77.8 Å². The molecule has 0 spiro atoms. The van der Waals surface area contributed by atoms with Crippen LogP contribution >= 0.6 is 0 Å². The molecule has 80 valence electrons. The number of hydrogen-bond donors (Lipinski definition) is 2. The molecule has 2 aromatic rings. The molecule has 0 atom stereocenters. The largest absolute Gasteiger partial charge is 0.383 e. The molecular formula is C12H12N4. The summed E-state index contributed by atoms with van der Waals surface area (Å²) in [5.41, 5.74) is 13.0. The Labute approximate surface area is 93.6 Å². The van der Waals surface area contributed by atoms with E-state index in [2.05, 4.69) is 9.97 Å². The van der Waals surface area contributed by atoms with Gasteiger partial charge in [-0.2, -0.15) is 4.98 Å². The molecule has 0 bridgehead atoms. The van der Waals surface area contributed by atoms with E-state index in [0.717, 1.165) is 11.1 Å². The van der Waals surface area contributed by atoms with Gasteiger partial charge in [-0.3, -0.25) is 0 Å². The van der Waals surface area contributed by atoms with Crippen LogP contribution in [0.2, 0.25) is 0 Å². The number of rotatable bonds is 2. The van der Waals surface area contributed by atoms with Crippen LogP contribution in [0.1, 0.15) is 11.1 Å². The van der Waals surface area contributed by atoms with Crippen LogP contribution in [-0.4, -0.2) is 9.97 Å². The average Bonchev–Trinajstić information content (AvgIpc) is 2.29. The average molecular weight is 212 g/mol.